The maximum atomic E-state index is 13.9. The largest absolute Gasteiger partial charge is 0.348 e. The second kappa shape index (κ2) is 8.10. The molecule has 2 aromatic carbocycles. The van der Waals surface area contributed by atoms with Gasteiger partial charge in [0.25, 0.3) is 11.8 Å². The fraction of sp³-hybridized carbons (Fsp3) is 0.300. The molecule has 0 aromatic heterocycles. The highest BCUT2D eigenvalue weighted by atomic mass is 19.1. The van der Waals surface area contributed by atoms with Gasteiger partial charge in [0.05, 0.1) is 16.8 Å². The highest BCUT2D eigenvalue weighted by molar-refractivity contribution is 6.09. The van der Waals surface area contributed by atoms with E-state index in [9.17, 15) is 14.0 Å². The number of anilines is 1. The van der Waals surface area contributed by atoms with Crippen LogP contribution in [0.25, 0.3) is 0 Å². The summed E-state index contributed by atoms with van der Waals surface area (Å²) in [4.78, 5) is 25.2. The molecule has 1 saturated heterocycles. The monoisotopic (exact) mass is 355 g/mol. The molecule has 0 aliphatic carbocycles. The molecule has 136 valence electrons. The summed E-state index contributed by atoms with van der Waals surface area (Å²) in [5.74, 6) is -1.42. The Bertz CT molecular complexity index is 816. The van der Waals surface area contributed by atoms with Crippen LogP contribution in [0.15, 0.2) is 42.5 Å². The van der Waals surface area contributed by atoms with Gasteiger partial charge in [0.2, 0.25) is 0 Å². The first-order chi connectivity index (χ1) is 12.6. The Labute approximate surface area is 152 Å². The molecule has 1 aliphatic rings. The van der Waals surface area contributed by atoms with Crippen molar-refractivity contribution < 1.29 is 14.0 Å². The van der Waals surface area contributed by atoms with Crippen LogP contribution in [-0.4, -0.2) is 30.9 Å². The third-order valence-corrected chi connectivity index (χ3v) is 4.51. The molecule has 1 unspecified atom stereocenters. The average Bonchev–Trinajstić information content (AvgIpc) is 2.64. The Hall–Kier alpha value is -2.73. The summed E-state index contributed by atoms with van der Waals surface area (Å²) in [6, 6.07) is 11.1. The molecule has 0 saturated carbocycles. The van der Waals surface area contributed by atoms with Gasteiger partial charge in [0, 0.05) is 12.6 Å². The summed E-state index contributed by atoms with van der Waals surface area (Å²) in [6.07, 6.45) is 1.93. The first-order valence-corrected chi connectivity index (χ1v) is 8.73. The van der Waals surface area contributed by atoms with Crippen molar-refractivity contribution in [2.45, 2.75) is 25.8 Å². The first-order valence-electron chi connectivity index (χ1n) is 8.73. The van der Waals surface area contributed by atoms with Crippen LogP contribution in [-0.2, 0) is 0 Å². The average molecular weight is 355 g/mol. The van der Waals surface area contributed by atoms with Gasteiger partial charge in [-0.1, -0.05) is 24.3 Å². The molecule has 2 amide bonds. The highest BCUT2D eigenvalue weighted by Crippen LogP contribution is 2.22. The maximum Gasteiger partial charge on any atom is 0.258 e. The Balaban J connectivity index is 1.82. The topological polar surface area (TPSA) is 70.2 Å². The van der Waals surface area contributed by atoms with Crippen LogP contribution in [0.5, 0.6) is 0 Å². The quantitative estimate of drug-likeness (QED) is 0.790. The van der Waals surface area contributed by atoms with E-state index >= 15 is 0 Å². The molecule has 3 rings (SSSR count). The number of carbonyl (C=O) groups is 2. The van der Waals surface area contributed by atoms with Crippen molar-refractivity contribution in [3.63, 3.8) is 0 Å². The second-order valence-corrected chi connectivity index (χ2v) is 6.45. The summed E-state index contributed by atoms with van der Waals surface area (Å²) in [7, 11) is 0. The van der Waals surface area contributed by atoms with E-state index in [1.807, 2.05) is 0 Å². The molecular weight excluding hydrogens is 333 g/mol. The number of hydrogen-bond acceptors (Lipinski definition) is 3. The van der Waals surface area contributed by atoms with Crippen LogP contribution in [0.3, 0.4) is 0 Å². The second-order valence-electron chi connectivity index (χ2n) is 6.45. The molecule has 1 aliphatic heterocycles. The van der Waals surface area contributed by atoms with Gasteiger partial charge in [-0.25, -0.2) is 4.39 Å². The molecule has 3 N–H and O–H groups in total. The molecule has 0 radical (unpaired) electrons. The fourth-order valence-electron chi connectivity index (χ4n) is 3.09. The van der Waals surface area contributed by atoms with Crippen LogP contribution in [0.4, 0.5) is 10.1 Å². The Morgan fingerprint density at radius 3 is 2.58 bits per heavy atom. The number of rotatable bonds is 4. The molecule has 6 heteroatoms. The standard InChI is InChI=1S/C20H22FN3O2/c1-13-6-4-9-16(20(26)23-14-7-5-11-22-12-14)18(13)24-19(25)15-8-2-3-10-17(15)21/h2-4,6,8-10,14,22H,5,7,11-12H2,1H3,(H,23,26)(H,24,25). The number of halogens is 1. The Morgan fingerprint density at radius 1 is 1.08 bits per heavy atom. The van der Waals surface area contributed by atoms with Crippen molar-refractivity contribution in [1.29, 1.82) is 0 Å². The molecule has 26 heavy (non-hydrogen) atoms. The molecule has 0 spiro atoms. The molecule has 1 fully saturated rings. The van der Waals surface area contributed by atoms with Crippen LogP contribution in [0, 0.1) is 12.7 Å². The lowest BCUT2D eigenvalue weighted by Crippen LogP contribution is -2.45. The van der Waals surface area contributed by atoms with E-state index in [1.165, 1.54) is 18.2 Å². The van der Waals surface area contributed by atoms with Gasteiger partial charge in [-0.05, 0) is 50.1 Å². The zero-order valence-electron chi connectivity index (χ0n) is 14.6. The minimum absolute atomic E-state index is 0.0569. The highest BCUT2D eigenvalue weighted by Gasteiger charge is 2.21. The van der Waals surface area contributed by atoms with E-state index < -0.39 is 11.7 Å². The minimum Gasteiger partial charge on any atom is -0.348 e. The van der Waals surface area contributed by atoms with Gasteiger partial charge in [-0.3, -0.25) is 9.59 Å². The van der Waals surface area contributed by atoms with Crippen LogP contribution >= 0.6 is 0 Å². The van der Waals surface area contributed by atoms with Crippen molar-refractivity contribution in [2.24, 2.45) is 0 Å². The van der Waals surface area contributed by atoms with Gasteiger partial charge in [0.15, 0.2) is 0 Å². The van der Waals surface area contributed by atoms with E-state index in [2.05, 4.69) is 16.0 Å². The molecule has 0 bridgehead atoms. The molecule has 1 atom stereocenters. The third-order valence-electron chi connectivity index (χ3n) is 4.51. The van der Waals surface area contributed by atoms with Gasteiger partial charge in [-0.2, -0.15) is 0 Å². The smallest absolute Gasteiger partial charge is 0.258 e. The van der Waals surface area contributed by atoms with Gasteiger partial charge in [-0.15, -0.1) is 0 Å². The molecule has 2 aromatic rings. The fourth-order valence-corrected chi connectivity index (χ4v) is 3.09. The van der Waals surface area contributed by atoms with Gasteiger partial charge < -0.3 is 16.0 Å². The summed E-state index contributed by atoms with van der Waals surface area (Å²) >= 11 is 0. The summed E-state index contributed by atoms with van der Waals surface area (Å²) < 4.78 is 13.9. The number of piperidine rings is 1. The number of amides is 2. The lowest BCUT2D eigenvalue weighted by atomic mass is 10.0. The van der Waals surface area contributed by atoms with Crippen molar-refractivity contribution in [1.82, 2.24) is 10.6 Å². The molecule has 1 heterocycles. The zero-order valence-corrected chi connectivity index (χ0v) is 14.6. The van der Waals surface area contributed by atoms with Crippen molar-refractivity contribution in [3.8, 4) is 0 Å². The lowest BCUT2D eigenvalue weighted by Gasteiger charge is -2.24. The number of aryl methyl sites for hydroxylation is 1. The number of nitrogens with one attached hydrogen (secondary N) is 3. The Morgan fingerprint density at radius 2 is 1.85 bits per heavy atom. The maximum absolute atomic E-state index is 13.9. The normalized spacial score (nSPS) is 16.8. The van der Waals surface area contributed by atoms with Crippen LogP contribution < -0.4 is 16.0 Å². The van der Waals surface area contributed by atoms with Gasteiger partial charge in [0.1, 0.15) is 5.82 Å². The van der Waals surface area contributed by atoms with Crippen molar-refractivity contribution >= 4 is 17.5 Å². The van der Waals surface area contributed by atoms with Crippen LogP contribution in [0.2, 0.25) is 0 Å². The number of para-hydroxylation sites is 1. The zero-order chi connectivity index (χ0) is 18.5. The predicted molar refractivity (Wildman–Crippen MR) is 98.9 cm³/mol. The predicted octanol–water partition coefficient (Wildman–Crippen LogP) is 2.87. The number of benzene rings is 2. The van der Waals surface area contributed by atoms with Crippen molar-refractivity contribution in [3.05, 3.63) is 65.0 Å². The molecule has 5 nitrogen and oxygen atoms in total. The van der Waals surface area contributed by atoms with E-state index in [1.54, 1.807) is 31.2 Å². The summed E-state index contributed by atoms with van der Waals surface area (Å²) in [6.45, 7) is 3.49. The molecular formula is C20H22FN3O2. The summed E-state index contributed by atoms with van der Waals surface area (Å²) in [5, 5.41) is 8.95. The van der Waals surface area contributed by atoms with Crippen LogP contribution in [0.1, 0.15) is 39.1 Å². The SMILES string of the molecule is Cc1cccc(C(=O)NC2CCCNC2)c1NC(=O)c1ccccc1F. The Kier molecular flexibility index (Phi) is 5.63. The van der Waals surface area contributed by atoms with E-state index in [0.717, 1.165) is 31.5 Å². The van der Waals surface area contributed by atoms with Gasteiger partial charge >= 0.3 is 0 Å². The van der Waals surface area contributed by atoms with E-state index in [0.29, 0.717) is 11.3 Å². The first kappa shape index (κ1) is 18.1. The van der Waals surface area contributed by atoms with Crippen molar-refractivity contribution in [2.75, 3.05) is 18.4 Å². The van der Waals surface area contributed by atoms with E-state index in [-0.39, 0.29) is 17.5 Å². The minimum atomic E-state index is -0.599. The number of hydrogen-bond donors (Lipinski definition) is 3. The third kappa shape index (κ3) is 4.08. The lowest BCUT2D eigenvalue weighted by molar-refractivity contribution is 0.0931. The summed E-state index contributed by atoms with van der Waals surface area (Å²) in [5.41, 5.74) is 1.46. The number of carbonyl (C=O) groups excluding carboxylic acids is 2. The van der Waals surface area contributed by atoms with E-state index in [4.69, 9.17) is 0 Å².